The van der Waals surface area contributed by atoms with Gasteiger partial charge in [-0.2, -0.15) is 0 Å². The molecule has 0 bridgehead atoms. The number of benzene rings is 1. The third-order valence-corrected chi connectivity index (χ3v) is 8.30. The van der Waals surface area contributed by atoms with Crippen molar-refractivity contribution in [2.75, 3.05) is 31.1 Å². The molecular weight excluding hydrogens is 428 g/mol. The van der Waals surface area contributed by atoms with Gasteiger partial charge in [0, 0.05) is 43.1 Å². The number of nitrogens with zero attached hydrogens (tertiary/aromatic N) is 4. The van der Waals surface area contributed by atoms with Crippen molar-refractivity contribution in [1.29, 1.82) is 0 Å². The molecule has 1 saturated carbocycles. The smallest absolute Gasteiger partial charge is 0.246 e. The highest BCUT2D eigenvalue weighted by atomic mass is 32.1. The maximum atomic E-state index is 12.8. The van der Waals surface area contributed by atoms with Crippen molar-refractivity contribution >= 4 is 39.4 Å². The number of anilines is 1. The Kier molecular flexibility index (Phi) is 5.62. The monoisotopic (exact) mass is 458 g/mol. The van der Waals surface area contributed by atoms with Crippen molar-refractivity contribution < 1.29 is 4.79 Å². The van der Waals surface area contributed by atoms with Gasteiger partial charge in [0.05, 0.1) is 5.39 Å². The van der Waals surface area contributed by atoms with Gasteiger partial charge in [-0.1, -0.05) is 36.8 Å². The molecule has 0 radical (unpaired) electrons. The minimum Gasteiger partial charge on any atom is -0.352 e. The van der Waals surface area contributed by atoms with Gasteiger partial charge in [0.25, 0.3) is 0 Å². The highest BCUT2D eigenvalue weighted by Gasteiger charge is 2.31. The van der Waals surface area contributed by atoms with Crippen LogP contribution in [0.25, 0.3) is 16.3 Å². The van der Waals surface area contributed by atoms with Crippen LogP contribution in [0.2, 0.25) is 0 Å². The van der Waals surface area contributed by atoms with Crippen LogP contribution in [0.1, 0.15) is 59.9 Å². The third-order valence-electron chi connectivity index (χ3n) is 7.11. The Bertz CT molecular complexity index is 1190. The molecule has 6 heteroatoms. The molecule has 3 heterocycles. The van der Waals surface area contributed by atoms with Crippen LogP contribution in [0.15, 0.2) is 36.4 Å². The van der Waals surface area contributed by atoms with Gasteiger partial charge in [0.15, 0.2) is 0 Å². The Labute approximate surface area is 199 Å². The first-order valence-corrected chi connectivity index (χ1v) is 13.2. The molecular formula is C27H30N4OS. The largest absolute Gasteiger partial charge is 0.352 e. The summed E-state index contributed by atoms with van der Waals surface area (Å²) in [5, 5.41) is 1.31. The van der Waals surface area contributed by atoms with E-state index in [0.29, 0.717) is 5.92 Å². The first-order valence-electron chi connectivity index (χ1n) is 12.4. The zero-order valence-corrected chi connectivity index (χ0v) is 19.8. The molecule has 170 valence electrons. The van der Waals surface area contributed by atoms with Gasteiger partial charge < -0.3 is 9.80 Å². The fourth-order valence-corrected chi connectivity index (χ4v) is 6.32. The molecule has 6 rings (SSSR count). The minimum atomic E-state index is 0.0920. The number of amides is 1. The molecule has 5 nitrogen and oxygen atoms in total. The number of carbonyl (C=O) groups is 1. The minimum absolute atomic E-state index is 0.0920. The van der Waals surface area contributed by atoms with Crippen LogP contribution in [-0.2, 0) is 17.6 Å². The lowest BCUT2D eigenvalue weighted by molar-refractivity contribution is -0.126. The van der Waals surface area contributed by atoms with Gasteiger partial charge in [0.1, 0.15) is 16.5 Å². The fourth-order valence-electron chi connectivity index (χ4n) is 5.06. The number of hydrogen-bond acceptors (Lipinski definition) is 5. The Morgan fingerprint density at radius 3 is 2.55 bits per heavy atom. The molecule has 2 aliphatic carbocycles. The molecule has 1 aliphatic heterocycles. The number of rotatable bonds is 4. The lowest BCUT2D eigenvalue weighted by atomic mass is 10.1. The molecule has 1 saturated heterocycles. The lowest BCUT2D eigenvalue weighted by Gasteiger charge is -2.35. The van der Waals surface area contributed by atoms with E-state index < -0.39 is 0 Å². The molecule has 2 fully saturated rings. The zero-order valence-electron chi connectivity index (χ0n) is 19.0. The number of fused-ring (bicyclic) bond motifs is 3. The maximum Gasteiger partial charge on any atom is 0.246 e. The Morgan fingerprint density at radius 2 is 1.76 bits per heavy atom. The average Bonchev–Trinajstić information content (AvgIpc) is 3.68. The van der Waals surface area contributed by atoms with E-state index in [4.69, 9.17) is 9.97 Å². The van der Waals surface area contributed by atoms with Crippen molar-refractivity contribution in [3.63, 3.8) is 0 Å². The van der Waals surface area contributed by atoms with Gasteiger partial charge >= 0.3 is 0 Å². The second-order valence-electron chi connectivity index (χ2n) is 9.48. The molecule has 0 unspecified atom stereocenters. The summed E-state index contributed by atoms with van der Waals surface area (Å²) < 4.78 is 0. The van der Waals surface area contributed by atoms with Gasteiger partial charge in [-0.3, -0.25) is 4.79 Å². The Balaban J connectivity index is 1.24. The predicted molar refractivity (Wildman–Crippen MR) is 135 cm³/mol. The maximum absolute atomic E-state index is 12.8. The van der Waals surface area contributed by atoms with Gasteiger partial charge in [-0.05, 0) is 55.7 Å². The molecule has 3 aliphatic rings. The average molecular weight is 459 g/mol. The number of hydrogen-bond donors (Lipinski definition) is 0. The van der Waals surface area contributed by atoms with Gasteiger partial charge in [-0.15, -0.1) is 11.3 Å². The van der Waals surface area contributed by atoms with E-state index in [9.17, 15) is 4.79 Å². The van der Waals surface area contributed by atoms with E-state index in [1.54, 1.807) is 6.08 Å². The molecule has 33 heavy (non-hydrogen) atoms. The normalized spacial score (nSPS) is 19.2. The standard InChI is InChI=1S/C27H30N4OS/c32-23(14-11-19-7-3-1-4-8-19)30-15-17-31(18-16-30)26-24-21-9-5-2-6-10-22(21)33-27(24)29-25(28-26)20-12-13-20/h1,3-4,7-8,11,14,20H,2,5-6,9-10,12-13,15-18H2. The number of piperazine rings is 1. The number of carbonyl (C=O) groups excluding carboxylic acids is 1. The molecule has 1 aromatic carbocycles. The number of aromatic nitrogens is 2. The number of aryl methyl sites for hydroxylation is 2. The van der Waals surface area contributed by atoms with Gasteiger partial charge in [-0.25, -0.2) is 9.97 Å². The molecule has 0 atom stereocenters. The quantitative estimate of drug-likeness (QED) is 0.398. The van der Waals surface area contributed by atoms with Crippen molar-refractivity contribution in [2.24, 2.45) is 0 Å². The van der Waals surface area contributed by atoms with E-state index in [1.165, 1.54) is 59.2 Å². The summed E-state index contributed by atoms with van der Waals surface area (Å²) in [6, 6.07) is 10.0. The summed E-state index contributed by atoms with van der Waals surface area (Å²) in [4.78, 5) is 30.0. The SMILES string of the molecule is O=C(C=Cc1ccccc1)N1CCN(c2nc(C3CC3)nc3sc4c(c23)CCCCC4)CC1. The molecule has 3 aromatic rings. The van der Waals surface area contributed by atoms with Crippen molar-refractivity contribution in [2.45, 2.75) is 50.9 Å². The van der Waals surface area contributed by atoms with Crippen LogP contribution in [0.4, 0.5) is 5.82 Å². The fraction of sp³-hybridized carbons (Fsp3) is 0.444. The van der Waals surface area contributed by atoms with E-state index in [-0.39, 0.29) is 5.91 Å². The lowest BCUT2D eigenvalue weighted by Crippen LogP contribution is -2.48. The Hall–Kier alpha value is -2.73. The second kappa shape index (κ2) is 8.90. The van der Waals surface area contributed by atoms with Crippen LogP contribution in [0, 0.1) is 0 Å². The van der Waals surface area contributed by atoms with E-state index in [1.807, 2.05) is 52.6 Å². The first kappa shape index (κ1) is 20.8. The second-order valence-corrected chi connectivity index (χ2v) is 10.6. The van der Waals surface area contributed by atoms with Crippen molar-refractivity contribution in [3.05, 3.63) is 58.2 Å². The summed E-state index contributed by atoms with van der Waals surface area (Å²) in [6.45, 7) is 3.11. The summed E-state index contributed by atoms with van der Waals surface area (Å²) >= 11 is 1.91. The molecule has 2 aromatic heterocycles. The molecule has 0 N–H and O–H groups in total. The van der Waals surface area contributed by atoms with Crippen LogP contribution in [0.5, 0.6) is 0 Å². The molecule has 0 spiro atoms. The topological polar surface area (TPSA) is 49.3 Å². The summed E-state index contributed by atoms with van der Waals surface area (Å²) in [5.74, 6) is 2.81. The highest BCUT2D eigenvalue weighted by Crippen LogP contribution is 2.44. The van der Waals surface area contributed by atoms with E-state index in [0.717, 1.165) is 49.8 Å². The van der Waals surface area contributed by atoms with Crippen LogP contribution < -0.4 is 4.90 Å². The van der Waals surface area contributed by atoms with Crippen LogP contribution in [0.3, 0.4) is 0 Å². The third kappa shape index (κ3) is 4.29. The first-order chi connectivity index (χ1) is 16.3. The summed E-state index contributed by atoms with van der Waals surface area (Å²) in [5.41, 5.74) is 2.56. The van der Waals surface area contributed by atoms with Crippen molar-refractivity contribution in [3.8, 4) is 0 Å². The number of thiophene rings is 1. The van der Waals surface area contributed by atoms with Crippen molar-refractivity contribution in [1.82, 2.24) is 14.9 Å². The Morgan fingerprint density at radius 1 is 0.970 bits per heavy atom. The van der Waals surface area contributed by atoms with Crippen LogP contribution >= 0.6 is 11.3 Å². The summed E-state index contributed by atoms with van der Waals surface area (Å²) in [6.07, 6.45) is 12.2. The van der Waals surface area contributed by atoms with E-state index >= 15 is 0 Å². The summed E-state index contributed by atoms with van der Waals surface area (Å²) in [7, 11) is 0. The zero-order chi connectivity index (χ0) is 22.2. The highest BCUT2D eigenvalue weighted by molar-refractivity contribution is 7.19. The predicted octanol–water partition coefficient (Wildman–Crippen LogP) is 5.20. The van der Waals surface area contributed by atoms with E-state index in [2.05, 4.69) is 4.90 Å². The molecule has 1 amide bonds. The van der Waals surface area contributed by atoms with Crippen LogP contribution in [-0.4, -0.2) is 47.0 Å². The van der Waals surface area contributed by atoms with Gasteiger partial charge in [0.2, 0.25) is 5.91 Å².